The smallest absolute Gasteiger partial charge is 0.113 e. The molecule has 30 heavy (non-hydrogen) atoms. The highest BCUT2D eigenvalue weighted by Crippen LogP contribution is 2.61. The molecule has 3 aromatic rings. The van der Waals surface area contributed by atoms with Gasteiger partial charge in [0, 0.05) is 0 Å². The van der Waals surface area contributed by atoms with Crippen LogP contribution in [-0.4, -0.2) is 5.67 Å². The number of alkyl halides is 1. The van der Waals surface area contributed by atoms with Crippen molar-refractivity contribution < 1.29 is 4.39 Å². The van der Waals surface area contributed by atoms with E-state index in [1.807, 2.05) is 6.07 Å². The normalized spacial score (nSPS) is 30.7. The summed E-state index contributed by atoms with van der Waals surface area (Å²) in [6.45, 7) is 0. The molecule has 2 fully saturated rings. The van der Waals surface area contributed by atoms with Crippen molar-refractivity contribution in [3.63, 3.8) is 0 Å². The average molecular weight is 399 g/mol. The number of halogens is 1. The summed E-state index contributed by atoms with van der Waals surface area (Å²) in [7, 11) is 0. The van der Waals surface area contributed by atoms with Crippen LogP contribution in [-0.2, 0) is 17.3 Å². The van der Waals surface area contributed by atoms with Gasteiger partial charge >= 0.3 is 0 Å². The van der Waals surface area contributed by atoms with Crippen LogP contribution in [0.15, 0.2) is 91.0 Å². The maximum atomic E-state index is 16.8. The van der Waals surface area contributed by atoms with E-state index in [9.17, 15) is 0 Å². The van der Waals surface area contributed by atoms with Crippen molar-refractivity contribution >= 4 is 0 Å². The molecule has 0 heterocycles. The van der Waals surface area contributed by atoms with Crippen LogP contribution in [0.1, 0.15) is 61.6 Å². The van der Waals surface area contributed by atoms with Gasteiger partial charge in [-0.1, -0.05) is 97.4 Å². The van der Waals surface area contributed by atoms with E-state index in [1.54, 1.807) is 0 Å². The van der Waals surface area contributed by atoms with Gasteiger partial charge in [0.1, 0.15) is 5.67 Å². The SMILES string of the molecule is FC1(CCc2ccccc2)CC2(c3ccccc3)CCCC(c3ccccc3)(C1)C2. The Morgan fingerprint density at radius 2 is 1.07 bits per heavy atom. The summed E-state index contributed by atoms with van der Waals surface area (Å²) in [6, 6.07) is 32.0. The van der Waals surface area contributed by atoms with Gasteiger partial charge < -0.3 is 0 Å². The third-order valence-electron chi connectivity index (χ3n) is 7.77. The molecule has 0 amide bonds. The molecule has 3 aromatic carbocycles. The molecule has 0 aromatic heterocycles. The Labute approximate surface area is 180 Å². The monoisotopic (exact) mass is 398 g/mol. The van der Waals surface area contributed by atoms with E-state index in [-0.39, 0.29) is 10.8 Å². The van der Waals surface area contributed by atoms with E-state index in [0.29, 0.717) is 19.3 Å². The summed E-state index contributed by atoms with van der Waals surface area (Å²) in [5, 5.41) is 0. The summed E-state index contributed by atoms with van der Waals surface area (Å²) in [4.78, 5) is 0. The Balaban J connectivity index is 1.54. The van der Waals surface area contributed by atoms with Crippen LogP contribution >= 0.6 is 0 Å². The molecule has 0 saturated heterocycles. The minimum atomic E-state index is -1.14. The Morgan fingerprint density at radius 1 is 0.600 bits per heavy atom. The number of benzene rings is 3. The summed E-state index contributed by atoms with van der Waals surface area (Å²) in [5.74, 6) is 0. The number of fused-ring (bicyclic) bond motifs is 2. The van der Waals surface area contributed by atoms with E-state index in [2.05, 4.69) is 84.9 Å². The highest BCUT2D eigenvalue weighted by atomic mass is 19.1. The van der Waals surface area contributed by atoms with E-state index in [1.165, 1.54) is 23.1 Å². The van der Waals surface area contributed by atoms with Gasteiger partial charge in [0.15, 0.2) is 0 Å². The minimum Gasteiger partial charge on any atom is -0.244 e. The quantitative estimate of drug-likeness (QED) is 0.416. The van der Waals surface area contributed by atoms with Crippen LogP contribution in [0.25, 0.3) is 0 Å². The molecular weight excluding hydrogens is 367 g/mol. The molecule has 5 rings (SSSR count). The molecule has 0 aliphatic heterocycles. The van der Waals surface area contributed by atoms with E-state index < -0.39 is 5.67 Å². The second kappa shape index (κ2) is 7.69. The van der Waals surface area contributed by atoms with E-state index >= 15 is 4.39 Å². The van der Waals surface area contributed by atoms with Crippen molar-refractivity contribution in [1.29, 1.82) is 0 Å². The van der Waals surface area contributed by atoms with Gasteiger partial charge in [-0.15, -0.1) is 0 Å². The lowest BCUT2D eigenvalue weighted by atomic mass is 9.47. The molecule has 2 atom stereocenters. The molecule has 2 aliphatic rings. The van der Waals surface area contributed by atoms with Crippen molar-refractivity contribution in [3.05, 3.63) is 108 Å². The topological polar surface area (TPSA) is 0 Å². The second-order valence-corrected chi connectivity index (χ2v) is 9.81. The van der Waals surface area contributed by atoms with Crippen molar-refractivity contribution in [2.24, 2.45) is 0 Å². The fourth-order valence-corrected chi connectivity index (χ4v) is 6.64. The highest BCUT2D eigenvalue weighted by Gasteiger charge is 2.57. The zero-order chi connectivity index (χ0) is 20.5. The largest absolute Gasteiger partial charge is 0.244 e. The first kappa shape index (κ1) is 19.5. The Morgan fingerprint density at radius 3 is 1.57 bits per heavy atom. The first-order valence-corrected chi connectivity index (χ1v) is 11.5. The predicted molar refractivity (Wildman–Crippen MR) is 123 cm³/mol. The van der Waals surface area contributed by atoms with Crippen molar-refractivity contribution in [2.45, 2.75) is 67.9 Å². The zero-order valence-electron chi connectivity index (χ0n) is 17.7. The second-order valence-electron chi connectivity index (χ2n) is 9.81. The summed E-state index contributed by atoms with van der Waals surface area (Å²) in [6.07, 6.45) is 7.19. The summed E-state index contributed by atoms with van der Waals surface area (Å²) < 4.78 is 16.8. The van der Waals surface area contributed by atoms with E-state index in [0.717, 1.165) is 25.7 Å². The van der Waals surface area contributed by atoms with Crippen LogP contribution < -0.4 is 0 Å². The van der Waals surface area contributed by atoms with Crippen LogP contribution in [0.5, 0.6) is 0 Å². The molecule has 0 N–H and O–H groups in total. The molecule has 2 unspecified atom stereocenters. The van der Waals surface area contributed by atoms with E-state index in [4.69, 9.17) is 0 Å². The van der Waals surface area contributed by atoms with Crippen LogP contribution in [0.2, 0.25) is 0 Å². The molecule has 2 saturated carbocycles. The lowest BCUT2D eigenvalue weighted by Gasteiger charge is -2.57. The van der Waals surface area contributed by atoms with Gasteiger partial charge in [0.05, 0.1) is 0 Å². The number of hydrogen-bond donors (Lipinski definition) is 0. The summed E-state index contributed by atoms with van der Waals surface area (Å²) in [5.41, 5.74) is 2.67. The molecule has 0 spiro atoms. The van der Waals surface area contributed by atoms with Gasteiger partial charge in [-0.25, -0.2) is 4.39 Å². The fraction of sp³-hybridized carbons (Fsp3) is 0.379. The molecule has 2 bridgehead atoms. The predicted octanol–water partition coefficient (Wildman–Crippen LogP) is 7.57. The molecule has 2 aliphatic carbocycles. The summed E-state index contributed by atoms with van der Waals surface area (Å²) >= 11 is 0. The molecule has 0 nitrogen and oxygen atoms in total. The standard InChI is InChI=1S/C29H31F/c30-29(20-17-24-11-4-1-5-12-24)22-27(25-13-6-2-7-14-25)18-10-19-28(21-27,23-29)26-15-8-3-9-16-26/h1-9,11-16H,10,17-23H2. The van der Waals surface area contributed by atoms with Crippen molar-refractivity contribution in [2.75, 3.05) is 0 Å². The van der Waals surface area contributed by atoms with Gasteiger partial charge in [-0.05, 0) is 72.5 Å². The third kappa shape index (κ3) is 3.60. The van der Waals surface area contributed by atoms with Crippen LogP contribution in [0.4, 0.5) is 4.39 Å². The van der Waals surface area contributed by atoms with Crippen LogP contribution in [0.3, 0.4) is 0 Å². The minimum absolute atomic E-state index is 0.0565. The maximum Gasteiger partial charge on any atom is 0.113 e. The molecular formula is C29H31F. The molecule has 154 valence electrons. The average Bonchev–Trinajstić information content (AvgIpc) is 2.79. The Kier molecular flexibility index (Phi) is 5.01. The van der Waals surface area contributed by atoms with Crippen LogP contribution in [0, 0.1) is 0 Å². The van der Waals surface area contributed by atoms with Gasteiger partial charge in [0.2, 0.25) is 0 Å². The lowest BCUT2D eigenvalue weighted by molar-refractivity contribution is -0.0243. The maximum absolute atomic E-state index is 16.8. The van der Waals surface area contributed by atoms with Gasteiger partial charge in [-0.2, -0.15) is 0 Å². The first-order valence-electron chi connectivity index (χ1n) is 11.5. The first-order chi connectivity index (χ1) is 14.6. The number of aryl methyl sites for hydroxylation is 1. The molecule has 0 radical (unpaired) electrons. The Hall–Kier alpha value is -2.41. The Bertz CT molecular complexity index is 910. The van der Waals surface area contributed by atoms with Gasteiger partial charge in [-0.3, -0.25) is 0 Å². The van der Waals surface area contributed by atoms with Gasteiger partial charge in [0.25, 0.3) is 0 Å². The van der Waals surface area contributed by atoms with Crippen molar-refractivity contribution in [3.8, 4) is 0 Å². The number of hydrogen-bond acceptors (Lipinski definition) is 0. The third-order valence-corrected chi connectivity index (χ3v) is 7.77. The number of rotatable bonds is 5. The lowest BCUT2D eigenvalue weighted by Crippen LogP contribution is -2.54. The fourth-order valence-electron chi connectivity index (χ4n) is 6.64. The van der Waals surface area contributed by atoms with Crippen molar-refractivity contribution in [1.82, 2.24) is 0 Å². The molecule has 1 heteroatoms. The zero-order valence-corrected chi connectivity index (χ0v) is 17.7. The highest BCUT2D eigenvalue weighted by molar-refractivity contribution is 5.37.